The van der Waals surface area contributed by atoms with Crippen molar-refractivity contribution in [2.75, 3.05) is 38.0 Å². The summed E-state index contributed by atoms with van der Waals surface area (Å²) >= 11 is 0. The van der Waals surface area contributed by atoms with E-state index in [1.807, 2.05) is 54.2 Å². The molecule has 0 aliphatic carbocycles. The molecule has 1 fully saturated rings. The van der Waals surface area contributed by atoms with Gasteiger partial charge in [-0.15, -0.1) is 0 Å². The van der Waals surface area contributed by atoms with Gasteiger partial charge in [-0.05, 0) is 88.4 Å². The summed E-state index contributed by atoms with van der Waals surface area (Å²) in [5, 5.41) is 19.1. The van der Waals surface area contributed by atoms with E-state index in [2.05, 4.69) is 32.8 Å². The van der Waals surface area contributed by atoms with Crippen molar-refractivity contribution in [1.29, 1.82) is 0 Å². The van der Waals surface area contributed by atoms with Crippen LogP contribution in [-0.4, -0.2) is 69.4 Å². The van der Waals surface area contributed by atoms with E-state index in [0.717, 1.165) is 81.2 Å². The van der Waals surface area contributed by atoms with Crippen molar-refractivity contribution >= 4 is 17.7 Å². The van der Waals surface area contributed by atoms with E-state index in [9.17, 15) is 9.59 Å². The van der Waals surface area contributed by atoms with Crippen molar-refractivity contribution in [3.8, 4) is 5.69 Å². The van der Waals surface area contributed by atoms with Crippen molar-refractivity contribution in [1.82, 2.24) is 25.0 Å². The first-order chi connectivity index (χ1) is 19.0. The Morgan fingerprint density at radius 3 is 2.74 bits per heavy atom. The Labute approximate surface area is 230 Å². The van der Waals surface area contributed by atoms with E-state index in [-0.39, 0.29) is 24.8 Å². The maximum atomic E-state index is 12.2. The lowest BCUT2D eigenvalue weighted by Gasteiger charge is -2.32. The molecule has 0 spiro atoms. The smallest absolute Gasteiger partial charge is 0.305 e. The second-order valence-electron chi connectivity index (χ2n) is 10.3. The van der Waals surface area contributed by atoms with Gasteiger partial charge in [-0.25, -0.2) is 9.67 Å². The summed E-state index contributed by atoms with van der Waals surface area (Å²) in [4.78, 5) is 29.9. The third-order valence-electron chi connectivity index (χ3n) is 7.12. The van der Waals surface area contributed by atoms with Gasteiger partial charge >= 0.3 is 5.97 Å². The number of carboxylic acid groups (broad SMARTS) is 1. The van der Waals surface area contributed by atoms with Crippen LogP contribution in [0.1, 0.15) is 49.1 Å². The van der Waals surface area contributed by atoms with Gasteiger partial charge in [0.25, 0.3) is 0 Å². The van der Waals surface area contributed by atoms with Crippen molar-refractivity contribution in [2.45, 2.75) is 51.9 Å². The van der Waals surface area contributed by atoms with Gasteiger partial charge in [-0.3, -0.25) is 9.59 Å². The van der Waals surface area contributed by atoms with Gasteiger partial charge in [-0.2, -0.15) is 5.10 Å². The van der Waals surface area contributed by atoms with E-state index in [0.29, 0.717) is 0 Å². The molecule has 9 nitrogen and oxygen atoms in total. The van der Waals surface area contributed by atoms with Crippen LogP contribution < -0.4 is 10.6 Å². The number of hydrogen-bond acceptors (Lipinski definition) is 6. The van der Waals surface area contributed by atoms with Crippen LogP contribution in [0.25, 0.3) is 5.69 Å². The van der Waals surface area contributed by atoms with E-state index in [1.54, 1.807) is 0 Å². The van der Waals surface area contributed by atoms with Gasteiger partial charge in [0.15, 0.2) is 0 Å². The molecule has 3 aromatic rings. The van der Waals surface area contributed by atoms with E-state index >= 15 is 0 Å². The first kappa shape index (κ1) is 28.3. The number of fused-ring (bicyclic) bond motifs is 1. The van der Waals surface area contributed by atoms with Gasteiger partial charge in [0.05, 0.1) is 23.7 Å². The van der Waals surface area contributed by atoms with Gasteiger partial charge in [0, 0.05) is 31.5 Å². The molecule has 39 heavy (non-hydrogen) atoms. The number of aryl methyl sites for hydroxylation is 3. The Kier molecular flexibility index (Phi) is 10.5. The Morgan fingerprint density at radius 1 is 1.13 bits per heavy atom. The summed E-state index contributed by atoms with van der Waals surface area (Å²) in [7, 11) is 0. The number of carbonyl (C=O) groups is 2. The molecule has 2 aliphatic heterocycles. The van der Waals surface area contributed by atoms with Crippen LogP contribution in [0.5, 0.6) is 0 Å². The highest BCUT2D eigenvalue weighted by Crippen LogP contribution is 2.21. The molecule has 2 aliphatic rings. The van der Waals surface area contributed by atoms with E-state index < -0.39 is 5.97 Å². The Balaban J connectivity index is 0.000000243. The topological polar surface area (TPSA) is 112 Å². The molecular formula is C30H40N6O3. The van der Waals surface area contributed by atoms with Crippen LogP contribution in [-0.2, 0) is 22.4 Å². The number of nitrogens with one attached hydrogen (secondary N) is 2. The van der Waals surface area contributed by atoms with Crippen LogP contribution in [0.15, 0.2) is 54.7 Å². The molecule has 1 amide bonds. The van der Waals surface area contributed by atoms with Crippen molar-refractivity contribution in [2.24, 2.45) is 5.92 Å². The lowest BCUT2D eigenvalue weighted by molar-refractivity contribution is -0.137. The molecule has 4 heterocycles. The van der Waals surface area contributed by atoms with Gasteiger partial charge in [-0.1, -0.05) is 24.3 Å². The van der Waals surface area contributed by atoms with E-state index in [4.69, 9.17) is 10.1 Å². The fraction of sp³-hybridized carbons (Fsp3) is 0.467. The number of aromatic nitrogens is 3. The second kappa shape index (κ2) is 14.4. The Morgan fingerprint density at radius 2 is 1.97 bits per heavy atom. The number of carboxylic acids is 1. The lowest BCUT2D eigenvalue weighted by Crippen LogP contribution is -2.43. The molecule has 0 bridgehead atoms. The molecule has 0 saturated carbocycles. The number of pyridine rings is 1. The molecule has 1 atom stereocenters. The fourth-order valence-corrected chi connectivity index (χ4v) is 5.04. The molecule has 0 unspecified atom stereocenters. The largest absolute Gasteiger partial charge is 0.481 e. The number of likely N-dealkylation sites (tertiary alicyclic amines) is 1. The summed E-state index contributed by atoms with van der Waals surface area (Å²) in [6, 6.07) is 16.4. The summed E-state index contributed by atoms with van der Waals surface area (Å²) in [5.41, 5.74) is 4.59. The zero-order valence-electron chi connectivity index (χ0n) is 22.8. The molecule has 208 valence electrons. The van der Waals surface area contributed by atoms with Crippen molar-refractivity contribution in [3.05, 3.63) is 71.7 Å². The minimum absolute atomic E-state index is 0.0108. The molecule has 1 saturated heterocycles. The minimum Gasteiger partial charge on any atom is -0.481 e. The maximum Gasteiger partial charge on any atom is 0.305 e. The lowest BCUT2D eigenvalue weighted by atomic mass is 9.96. The molecular weight excluding hydrogens is 492 g/mol. The minimum atomic E-state index is -0.883. The number of nitrogens with zero attached hydrogens (tertiary/aromatic N) is 4. The second-order valence-corrected chi connectivity index (χ2v) is 10.3. The van der Waals surface area contributed by atoms with Crippen LogP contribution in [0, 0.1) is 12.8 Å². The average molecular weight is 533 g/mol. The quantitative estimate of drug-likeness (QED) is 0.384. The third kappa shape index (κ3) is 8.92. The van der Waals surface area contributed by atoms with Gasteiger partial charge < -0.3 is 20.6 Å². The highest BCUT2D eigenvalue weighted by molar-refractivity contribution is 5.79. The Bertz CT molecular complexity index is 1210. The number of amides is 1. The van der Waals surface area contributed by atoms with Gasteiger partial charge in [0.2, 0.25) is 5.91 Å². The fourth-order valence-electron chi connectivity index (χ4n) is 5.04. The third-order valence-corrected chi connectivity index (χ3v) is 7.12. The number of anilines is 1. The average Bonchev–Trinajstić information content (AvgIpc) is 3.40. The molecule has 5 rings (SSSR count). The maximum absolute atomic E-state index is 12.2. The highest BCUT2D eigenvalue weighted by atomic mass is 16.4. The number of hydrogen-bond donors (Lipinski definition) is 3. The predicted octanol–water partition coefficient (Wildman–Crippen LogP) is 3.86. The zero-order valence-corrected chi connectivity index (χ0v) is 22.8. The number of rotatable bonds is 9. The van der Waals surface area contributed by atoms with Crippen molar-refractivity contribution in [3.63, 3.8) is 0 Å². The van der Waals surface area contributed by atoms with Crippen LogP contribution in [0.4, 0.5) is 5.82 Å². The molecule has 9 heteroatoms. The van der Waals surface area contributed by atoms with Crippen LogP contribution in [0.3, 0.4) is 0 Å². The normalized spacial score (nSPS) is 16.8. The molecule has 0 radical (unpaired) electrons. The summed E-state index contributed by atoms with van der Waals surface area (Å²) in [6.07, 6.45) is 8.09. The van der Waals surface area contributed by atoms with E-state index in [1.165, 1.54) is 12.0 Å². The predicted molar refractivity (Wildman–Crippen MR) is 152 cm³/mol. The number of aliphatic carboxylic acids is 1. The number of benzene rings is 1. The number of carbonyl (C=O) groups excluding carboxylic acids is 1. The SMILES string of the molecule is Cc1ccn(-c2ccccc2)n1.O=C(O)CCNC(=O)[C@@H]1CCCN(CCCc2ccc3c(n2)NCCC3)C1. The van der Waals surface area contributed by atoms with Gasteiger partial charge in [0.1, 0.15) is 5.82 Å². The highest BCUT2D eigenvalue weighted by Gasteiger charge is 2.25. The standard InChI is InChI=1S/C20H30N4O3.C10H10N2/c25-18(26)9-11-22-20(27)16-5-2-12-24(14-16)13-3-6-17-8-7-15-4-1-10-21-19(15)23-17;1-9-7-8-12(11-9)10-5-3-2-4-6-10/h7-8,16H,1-6,9-14H2,(H,21,23)(H,22,27)(H,25,26);2-8H,1H3/t16-;/m1./s1. The Hall–Kier alpha value is -3.72. The molecule has 3 N–H and O–H groups in total. The number of piperidine rings is 1. The first-order valence-electron chi connectivity index (χ1n) is 14.0. The van der Waals surface area contributed by atoms with Crippen LogP contribution >= 0.6 is 0 Å². The monoisotopic (exact) mass is 532 g/mol. The van der Waals surface area contributed by atoms with Crippen molar-refractivity contribution < 1.29 is 14.7 Å². The van der Waals surface area contributed by atoms with Crippen LogP contribution in [0.2, 0.25) is 0 Å². The first-order valence-corrected chi connectivity index (χ1v) is 14.0. The summed E-state index contributed by atoms with van der Waals surface area (Å²) in [6.45, 7) is 5.95. The molecule has 2 aromatic heterocycles. The zero-order chi connectivity index (χ0) is 27.5. The number of para-hydroxylation sites is 1. The summed E-state index contributed by atoms with van der Waals surface area (Å²) < 4.78 is 1.87. The molecule has 1 aromatic carbocycles. The summed E-state index contributed by atoms with van der Waals surface area (Å²) in [5.74, 6) is 0.128.